The first kappa shape index (κ1) is 27.8. The molecule has 1 amide bonds. The van der Waals surface area contributed by atoms with Crippen LogP contribution in [0.25, 0.3) is 22.4 Å². The van der Waals surface area contributed by atoms with E-state index < -0.39 is 0 Å². The van der Waals surface area contributed by atoms with Gasteiger partial charge in [-0.3, -0.25) is 9.69 Å². The molecule has 1 N–H and O–H groups in total. The summed E-state index contributed by atoms with van der Waals surface area (Å²) < 4.78 is 2.31. The minimum atomic E-state index is -0.153. The van der Waals surface area contributed by atoms with Crippen molar-refractivity contribution in [3.63, 3.8) is 0 Å². The number of hydrogen-bond acceptors (Lipinski definition) is 6. The Balaban J connectivity index is 1.18. The number of benzene rings is 3. The van der Waals surface area contributed by atoms with E-state index in [1.165, 1.54) is 5.56 Å². The molecule has 4 heterocycles. The summed E-state index contributed by atoms with van der Waals surface area (Å²) >= 11 is 0. The number of nitriles is 1. The lowest BCUT2D eigenvalue weighted by Gasteiger charge is -2.36. The van der Waals surface area contributed by atoms with Crippen LogP contribution in [0.2, 0.25) is 0 Å². The van der Waals surface area contributed by atoms with Crippen molar-refractivity contribution in [2.75, 3.05) is 42.9 Å². The smallest absolute Gasteiger partial charge is 0.255 e. The van der Waals surface area contributed by atoms with E-state index in [1.54, 1.807) is 12.1 Å². The average Bonchev–Trinajstić information content (AvgIpc) is 3.42. The van der Waals surface area contributed by atoms with Gasteiger partial charge in [0, 0.05) is 61.8 Å². The fraction of sp³-hybridized carbons (Fsp3) is 0.278. The Labute approximate surface area is 257 Å². The number of amides is 1. The Bertz CT molecular complexity index is 1820. The Hall–Kier alpha value is -5.00. The van der Waals surface area contributed by atoms with E-state index in [0.29, 0.717) is 22.6 Å². The monoisotopic (exact) mass is 581 g/mol. The molecule has 7 rings (SSSR count). The number of nitrogens with zero attached hydrogens (tertiary/aromatic N) is 6. The van der Waals surface area contributed by atoms with Crippen LogP contribution in [0.3, 0.4) is 0 Å². The average molecular weight is 582 g/mol. The van der Waals surface area contributed by atoms with Crippen molar-refractivity contribution in [3.8, 4) is 17.5 Å². The maximum atomic E-state index is 12.7. The zero-order chi connectivity index (χ0) is 29.9. The Morgan fingerprint density at radius 3 is 2.30 bits per heavy atom. The summed E-state index contributed by atoms with van der Waals surface area (Å²) in [4.78, 5) is 27.8. The van der Waals surface area contributed by atoms with Gasteiger partial charge >= 0.3 is 0 Å². The molecule has 3 aromatic carbocycles. The minimum Gasteiger partial charge on any atom is -0.352 e. The minimum absolute atomic E-state index is 0.153. The van der Waals surface area contributed by atoms with Crippen molar-refractivity contribution in [2.45, 2.75) is 32.2 Å². The van der Waals surface area contributed by atoms with Gasteiger partial charge in [0.25, 0.3) is 5.91 Å². The molecule has 5 aromatic rings. The summed E-state index contributed by atoms with van der Waals surface area (Å²) in [6.07, 6.45) is 4.10. The SMILES string of the molecule is N#Cc1c2n(c3c(N4CCN(CCc5ccccc5)CC4)nc(-c4ccc(NC(=O)c5ccccc5)cc4)nc13)CCCC2. The molecule has 2 aliphatic rings. The number of nitrogens with one attached hydrogen (secondary N) is 1. The normalized spacial score (nSPS) is 15.1. The van der Waals surface area contributed by atoms with Crippen molar-refractivity contribution in [1.29, 1.82) is 5.26 Å². The molecule has 2 aliphatic heterocycles. The van der Waals surface area contributed by atoms with Gasteiger partial charge in [-0.15, -0.1) is 0 Å². The number of anilines is 2. The Morgan fingerprint density at radius 2 is 1.57 bits per heavy atom. The van der Waals surface area contributed by atoms with Gasteiger partial charge in [0.2, 0.25) is 0 Å². The molecule has 0 atom stereocenters. The molecule has 2 aromatic heterocycles. The molecule has 0 radical (unpaired) electrons. The maximum Gasteiger partial charge on any atom is 0.255 e. The molecule has 8 nitrogen and oxygen atoms in total. The molecule has 0 aliphatic carbocycles. The number of carbonyl (C=O) groups excluding carboxylic acids is 1. The van der Waals surface area contributed by atoms with Crippen LogP contribution in [0.15, 0.2) is 84.9 Å². The third-order valence-corrected chi connectivity index (χ3v) is 8.81. The van der Waals surface area contributed by atoms with Gasteiger partial charge in [0.05, 0.1) is 5.56 Å². The zero-order valence-electron chi connectivity index (χ0n) is 24.7. The second kappa shape index (κ2) is 12.3. The quantitative estimate of drug-likeness (QED) is 0.257. The Kier molecular flexibility index (Phi) is 7.78. The molecular formula is C36H35N7O. The number of aromatic nitrogens is 3. The predicted octanol–water partition coefficient (Wildman–Crippen LogP) is 5.92. The summed E-state index contributed by atoms with van der Waals surface area (Å²) in [5.74, 6) is 1.36. The van der Waals surface area contributed by atoms with E-state index in [4.69, 9.17) is 9.97 Å². The number of carbonyl (C=O) groups is 1. The highest BCUT2D eigenvalue weighted by Gasteiger charge is 2.28. The van der Waals surface area contributed by atoms with E-state index in [2.05, 4.69) is 56.1 Å². The lowest BCUT2D eigenvalue weighted by Crippen LogP contribution is -2.47. The largest absolute Gasteiger partial charge is 0.352 e. The van der Waals surface area contributed by atoms with Crippen LogP contribution in [-0.4, -0.2) is 58.1 Å². The van der Waals surface area contributed by atoms with E-state index in [1.807, 2.05) is 42.5 Å². The predicted molar refractivity (Wildman–Crippen MR) is 174 cm³/mol. The third kappa shape index (κ3) is 5.54. The molecular weight excluding hydrogens is 546 g/mol. The van der Waals surface area contributed by atoms with E-state index in [9.17, 15) is 10.1 Å². The van der Waals surface area contributed by atoms with Crippen LogP contribution in [0, 0.1) is 11.3 Å². The molecule has 220 valence electrons. The lowest BCUT2D eigenvalue weighted by molar-refractivity contribution is 0.102. The van der Waals surface area contributed by atoms with Gasteiger partial charge in [-0.1, -0.05) is 48.5 Å². The Morgan fingerprint density at radius 1 is 0.841 bits per heavy atom. The summed E-state index contributed by atoms with van der Waals surface area (Å²) in [5, 5.41) is 13.2. The van der Waals surface area contributed by atoms with Crippen molar-refractivity contribution < 1.29 is 4.79 Å². The van der Waals surface area contributed by atoms with E-state index >= 15 is 0 Å². The van der Waals surface area contributed by atoms with Gasteiger partial charge in [-0.05, 0) is 67.6 Å². The fourth-order valence-corrected chi connectivity index (χ4v) is 6.42. The second-order valence-corrected chi connectivity index (χ2v) is 11.6. The standard InChI is InChI=1S/C36H35N7O/c37-25-30-31-13-7-8-19-43(31)33-32(30)39-34(27-14-16-29(17-15-27)38-36(44)28-11-5-2-6-12-28)40-35(33)42-23-21-41(22-24-42)20-18-26-9-3-1-4-10-26/h1-6,9-12,14-17H,7-8,13,18-24H2,(H,38,44). The van der Waals surface area contributed by atoms with Crippen LogP contribution < -0.4 is 10.2 Å². The molecule has 1 fully saturated rings. The van der Waals surface area contributed by atoms with Crippen molar-refractivity contribution in [1.82, 2.24) is 19.4 Å². The van der Waals surface area contributed by atoms with Crippen LogP contribution in [0.1, 0.15) is 40.0 Å². The molecule has 0 bridgehead atoms. The van der Waals surface area contributed by atoms with Crippen LogP contribution in [0.4, 0.5) is 11.5 Å². The molecule has 0 unspecified atom stereocenters. The summed E-state index contributed by atoms with van der Waals surface area (Å²) in [6, 6.07) is 30.0. The van der Waals surface area contributed by atoms with Gasteiger partial charge in [0.15, 0.2) is 11.6 Å². The molecule has 0 saturated carbocycles. The van der Waals surface area contributed by atoms with Gasteiger partial charge in [-0.2, -0.15) is 5.26 Å². The van der Waals surface area contributed by atoms with Crippen molar-refractivity contribution in [3.05, 3.63) is 107 Å². The number of aryl methyl sites for hydroxylation is 1. The zero-order valence-corrected chi connectivity index (χ0v) is 24.7. The highest BCUT2D eigenvalue weighted by atomic mass is 16.1. The lowest BCUT2D eigenvalue weighted by atomic mass is 10.1. The summed E-state index contributed by atoms with van der Waals surface area (Å²) in [5.41, 5.74) is 7.03. The van der Waals surface area contributed by atoms with Gasteiger partial charge in [-0.25, -0.2) is 9.97 Å². The number of piperazine rings is 1. The van der Waals surface area contributed by atoms with Crippen LogP contribution >= 0.6 is 0 Å². The topological polar surface area (TPSA) is 90.1 Å². The first-order chi connectivity index (χ1) is 21.7. The molecule has 8 heteroatoms. The van der Waals surface area contributed by atoms with Gasteiger partial charge < -0.3 is 14.8 Å². The second-order valence-electron chi connectivity index (χ2n) is 11.6. The van der Waals surface area contributed by atoms with E-state index in [0.717, 1.165) is 93.1 Å². The highest BCUT2D eigenvalue weighted by Crippen LogP contribution is 2.36. The first-order valence-corrected chi connectivity index (χ1v) is 15.5. The molecule has 1 saturated heterocycles. The van der Waals surface area contributed by atoms with E-state index in [-0.39, 0.29) is 5.91 Å². The van der Waals surface area contributed by atoms with Crippen LogP contribution in [-0.2, 0) is 19.4 Å². The maximum absolute atomic E-state index is 12.7. The fourth-order valence-electron chi connectivity index (χ4n) is 6.42. The highest BCUT2D eigenvalue weighted by molar-refractivity contribution is 6.04. The molecule has 0 spiro atoms. The summed E-state index contributed by atoms with van der Waals surface area (Å²) in [6.45, 7) is 5.58. The number of rotatable bonds is 7. The number of hydrogen-bond donors (Lipinski definition) is 1. The van der Waals surface area contributed by atoms with Gasteiger partial charge in [0.1, 0.15) is 17.1 Å². The summed E-state index contributed by atoms with van der Waals surface area (Å²) in [7, 11) is 0. The molecule has 44 heavy (non-hydrogen) atoms. The third-order valence-electron chi connectivity index (χ3n) is 8.81. The van der Waals surface area contributed by atoms with Crippen molar-refractivity contribution in [2.24, 2.45) is 0 Å². The number of fused-ring (bicyclic) bond motifs is 3. The van der Waals surface area contributed by atoms with Crippen LogP contribution in [0.5, 0.6) is 0 Å². The van der Waals surface area contributed by atoms with Crippen molar-refractivity contribution >= 4 is 28.4 Å². The first-order valence-electron chi connectivity index (χ1n) is 15.5.